The van der Waals surface area contributed by atoms with E-state index >= 15 is 0 Å². The number of halogens is 2. The van der Waals surface area contributed by atoms with Crippen LogP contribution in [0, 0.1) is 5.92 Å². The van der Waals surface area contributed by atoms with Crippen LogP contribution in [0.15, 0.2) is 18.2 Å². The van der Waals surface area contributed by atoms with Crippen LogP contribution in [0.4, 0.5) is 0 Å². The normalized spacial score (nSPS) is 27.6. The molecule has 1 aliphatic rings. The third-order valence-electron chi connectivity index (χ3n) is 3.15. The molecular formula is C12H12Cl2O3. The molecule has 0 amide bonds. The predicted octanol–water partition coefficient (Wildman–Crippen LogP) is 2.76. The Morgan fingerprint density at radius 3 is 2.65 bits per heavy atom. The molecule has 0 radical (unpaired) electrons. The molecule has 0 aromatic heterocycles. The molecule has 0 bridgehead atoms. The van der Waals surface area contributed by atoms with E-state index < -0.39 is 17.5 Å². The monoisotopic (exact) mass is 274 g/mol. The summed E-state index contributed by atoms with van der Waals surface area (Å²) in [6.07, 6.45) is 0.881. The van der Waals surface area contributed by atoms with Crippen molar-refractivity contribution in [3.63, 3.8) is 0 Å². The zero-order valence-corrected chi connectivity index (χ0v) is 10.5. The van der Waals surface area contributed by atoms with Crippen LogP contribution < -0.4 is 0 Å². The highest BCUT2D eigenvalue weighted by Gasteiger charge is 2.46. The summed E-state index contributed by atoms with van der Waals surface area (Å²) in [5, 5.41) is 19.8. The molecule has 1 fully saturated rings. The molecule has 0 aliphatic heterocycles. The fraction of sp³-hybridized carbons (Fsp3) is 0.417. The minimum absolute atomic E-state index is 0.269. The molecule has 1 saturated carbocycles. The third-order valence-corrected chi connectivity index (χ3v) is 4.01. The Hall–Kier alpha value is -0.770. The highest BCUT2D eigenvalue weighted by atomic mass is 35.5. The van der Waals surface area contributed by atoms with Crippen molar-refractivity contribution in [1.29, 1.82) is 0 Å². The average Bonchev–Trinajstić information content (AvgIpc) is 2.21. The lowest BCUT2D eigenvalue weighted by molar-refractivity contribution is -0.158. The van der Waals surface area contributed by atoms with Crippen LogP contribution >= 0.6 is 23.2 Å². The van der Waals surface area contributed by atoms with Gasteiger partial charge in [-0.05, 0) is 24.5 Å². The van der Waals surface area contributed by atoms with Gasteiger partial charge in [0, 0.05) is 6.42 Å². The Labute approximate surface area is 109 Å². The maximum absolute atomic E-state index is 10.7. The van der Waals surface area contributed by atoms with Gasteiger partial charge in [-0.1, -0.05) is 35.3 Å². The smallest absolute Gasteiger partial charge is 0.306 e. The largest absolute Gasteiger partial charge is 0.481 e. The van der Waals surface area contributed by atoms with E-state index in [9.17, 15) is 9.90 Å². The van der Waals surface area contributed by atoms with Crippen LogP contribution in [0.1, 0.15) is 18.4 Å². The lowest BCUT2D eigenvalue weighted by Gasteiger charge is -2.41. The number of benzene rings is 1. The van der Waals surface area contributed by atoms with Crippen LogP contribution in [0.5, 0.6) is 0 Å². The SMILES string of the molecule is O=C(O)C1CC(O)(Cc2cccc(Cl)c2Cl)C1. The zero-order chi connectivity index (χ0) is 12.6. The van der Waals surface area contributed by atoms with E-state index in [1.54, 1.807) is 18.2 Å². The standard InChI is InChI=1S/C12H12Cl2O3/c13-9-3-1-2-7(10(9)14)4-12(17)5-8(6-12)11(15)16/h1-3,8,17H,4-6H2,(H,15,16). The van der Waals surface area contributed by atoms with Gasteiger partial charge >= 0.3 is 5.97 Å². The average molecular weight is 275 g/mol. The number of carboxylic acids is 1. The van der Waals surface area contributed by atoms with Crippen LogP contribution in [0.25, 0.3) is 0 Å². The Bertz CT molecular complexity index is 453. The van der Waals surface area contributed by atoms with E-state index in [2.05, 4.69) is 0 Å². The molecule has 0 unspecified atom stereocenters. The maximum Gasteiger partial charge on any atom is 0.306 e. The van der Waals surface area contributed by atoms with Gasteiger partial charge in [0.25, 0.3) is 0 Å². The summed E-state index contributed by atoms with van der Waals surface area (Å²) in [6.45, 7) is 0. The summed E-state index contributed by atoms with van der Waals surface area (Å²) in [7, 11) is 0. The van der Waals surface area contributed by atoms with Crippen LogP contribution in [0.3, 0.4) is 0 Å². The molecule has 0 spiro atoms. The molecule has 0 atom stereocenters. The van der Waals surface area contributed by atoms with Gasteiger partial charge in [-0.2, -0.15) is 0 Å². The highest BCUT2D eigenvalue weighted by Crippen LogP contribution is 2.41. The molecule has 2 rings (SSSR count). The summed E-state index contributed by atoms with van der Waals surface area (Å²) in [4.78, 5) is 10.7. The summed E-state index contributed by atoms with van der Waals surface area (Å²) in [5.41, 5.74) is -0.206. The van der Waals surface area contributed by atoms with E-state index in [-0.39, 0.29) is 12.8 Å². The molecule has 5 heteroatoms. The van der Waals surface area contributed by atoms with Crippen molar-refractivity contribution < 1.29 is 15.0 Å². The van der Waals surface area contributed by atoms with Gasteiger partial charge in [-0.25, -0.2) is 0 Å². The first-order chi connectivity index (χ1) is 7.91. The highest BCUT2D eigenvalue weighted by molar-refractivity contribution is 6.42. The summed E-state index contributed by atoms with van der Waals surface area (Å²) >= 11 is 11.9. The van der Waals surface area contributed by atoms with Crippen molar-refractivity contribution in [2.24, 2.45) is 5.92 Å². The lowest BCUT2D eigenvalue weighted by atomic mass is 9.68. The minimum Gasteiger partial charge on any atom is -0.481 e. The molecule has 0 saturated heterocycles. The summed E-state index contributed by atoms with van der Waals surface area (Å²) in [6, 6.07) is 5.23. The van der Waals surface area contributed by atoms with Crippen LogP contribution in [0.2, 0.25) is 10.0 Å². The fourth-order valence-electron chi connectivity index (χ4n) is 2.22. The fourth-order valence-corrected chi connectivity index (χ4v) is 2.60. The van der Waals surface area contributed by atoms with Crippen LogP contribution in [-0.4, -0.2) is 21.8 Å². The third kappa shape index (κ3) is 2.57. The predicted molar refractivity (Wildman–Crippen MR) is 65.5 cm³/mol. The molecule has 92 valence electrons. The molecule has 0 heterocycles. The van der Waals surface area contributed by atoms with E-state index in [1.807, 2.05) is 0 Å². The van der Waals surface area contributed by atoms with Crippen molar-refractivity contribution in [3.05, 3.63) is 33.8 Å². The Morgan fingerprint density at radius 1 is 1.41 bits per heavy atom. The number of carbonyl (C=O) groups is 1. The topological polar surface area (TPSA) is 57.5 Å². The van der Waals surface area contributed by atoms with Gasteiger partial charge in [-0.3, -0.25) is 4.79 Å². The van der Waals surface area contributed by atoms with E-state index in [1.165, 1.54) is 0 Å². The van der Waals surface area contributed by atoms with Crippen molar-refractivity contribution in [2.75, 3.05) is 0 Å². The van der Waals surface area contributed by atoms with Gasteiger partial charge in [0.05, 0.1) is 21.6 Å². The molecule has 3 nitrogen and oxygen atoms in total. The van der Waals surface area contributed by atoms with Crippen LogP contribution in [-0.2, 0) is 11.2 Å². The van der Waals surface area contributed by atoms with Crippen molar-refractivity contribution >= 4 is 29.2 Å². The molecule has 1 aromatic rings. The Morgan fingerprint density at radius 2 is 2.06 bits per heavy atom. The maximum atomic E-state index is 10.7. The zero-order valence-electron chi connectivity index (χ0n) is 8.99. The van der Waals surface area contributed by atoms with E-state index in [0.29, 0.717) is 16.5 Å². The molecule has 2 N–H and O–H groups in total. The van der Waals surface area contributed by atoms with Gasteiger partial charge in [-0.15, -0.1) is 0 Å². The number of hydrogen-bond acceptors (Lipinski definition) is 2. The second-order valence-corrected chi connectivity index (χ2v) is 5.34. The second kappa shape index (κ2) is 4.48. The number of rotatable bonds is 3. The van der Waals surface area contributed by atoms with Gasteiger partial charge in [0.2, 0.25) is 0 Å². The Kier molecular flexibility index (Phi) is 3.34. The molecule has 17 heavy (non-hydrogen) atoms. The molecular weight excluding hydrogens is 263 g/mol. The van der Waals surface area contributed by atoms with Crippen molar-refractivity contribution in [3.8, 4) is 0 Å². The van der Waals surface area contributed by atoms with E-state index in [0.717, 1.165) is 5.56 Å². The molecule has 1 aliphatic carbocycles. The van der Waals surface area contributed by atoms with Crippen molar-refractivity contribution in [2.45, 2.75) is 24.9 Å². The number of carboxylic acid groups (broad SMARTS) is 1. The summed E-state index contributed by atoms with van der Waals surface area (Å²) < 4.78 is 0. The summed E-state index contributed by atoms with van der Waals surface area (Å²) in [5.74, 6) is -1.30. The van der Waals surface area contributed by atoms with E-state index in [4.69, 9.17) is 28.3 Å². The van der Waals surface area contributed by atoms with Crippen molar-refractivity contribution in [1.82, 2.24) is 0 Å². The number of aliphatic hydroxyl groups is 1. The number of hydrogen-bond donors (Lipinski definition) is 2. The lowest BCUT2D eigenvalue weighted by Crippen LogP contribution is -2.48. The minimum atomic E-state index is -0.961. The van der Waals surface area contributed by atoms with Gasteiger partial charge < -0.3 is 10.2 Å². The first-order valence-electron chi connectivity index (χ1n) is 5.29. The molecule has 1 aromatic carbocycles. The Balaban J connectivity index is 2.07. The second-order valence-electron chi connectivity index (χ2n) is 4.56. The number of aliphatic carboxylic acids is 1. The quantitative estimate of drug-likeness (QED) is 0.891. The van der Waals surface area contributed by atoms with Gasteiger partial charge in [0.15, 0.2) is 0 Å². The first-order valence-corrected chi connectivity index (χ1v) is 6.05. The first kappa shape index (κ1) is 12.7. The van der Waals surface area contributed by atoms with Gasteiger partial charge in [0.1, 0.15) is 0 Å².